The fraction of sp³-hybridized carbons (Fsp3) is 0.158. The fourth-order valence-electron chi connectivity index (χ4n) is 2.60. The number of pyridine rings is 1. The molecule has 2 aromatic carbocycles. The number of anilines is 1. The van der Waals surface area contributed by atoms with E-state index in [4.69, 9.17) is 0 Å². The van der Waals surface area contributed by atoms with Crippen molar-refractivity contribution in [3.05, 3.63) is 70.8 Å². The molecule has 128 valence electrons. The molecule has 1 heterocycles. The Morgan fingerprint density at radius 1 is 1.12 bits per heavy atom. The predicted molar refractivity (Wildman–Crippen MR) is 102 cm³/mol. The van der Waals surface area contributed by atoms with Gasteiger partial charge in [-0.1, -0.05) is 46.3 Å². The van der Waals surface area contributed by atoms with Gasteiger partial charge in [0.2, 0.25) is 0 Å². The maximum Gasteiger partial charge on any atom is 0.319 e. The molecule has 0 saturated carbocycles. The van der Waals surface area contributed by atoms with Crippen molar-refractivity contribution in [3.8, 4) is 0 Å². The van der Waals surface area contributed by atoms with E-state index >= 15 is 0 Å². The zero-order valence-electron chi connectivity index (χ0n) is 13.6. The van der Waals surface area contributed by atoms with Crippen molar-refractivity contribution in [1.29, 1.82) is 0 Å². The quantitative estimate of drug-likeness (QED) is 0.613. The van der Waals surface area contributed by atoms with Gasteiger partial charge in [-0.2, -0.15) is 0 Å². The molecule has 0 bridgehead atoms. The van der Waals surface area contributed by atoms with Gasteiger partial charge in [0.15, 0.2) is 0 Å². The predicted octanol–water partition coefficient (Wildman–Crippen LogP) is 4.24. The Kier molecular flexibility index (Phi) is 5.31. The molecule has 0 saturated heterocycles. The third-order valence-corrected chi connectivity index (χ3v) is 4.45. The van der Waals surface area contributed by atoms with Gasteiger partial charge in [0.05, 0.1) is 23.3 Å². The Hall–Kier alpha value is -2.44. The topological polar surface area (TPSA) is 74.2 Å². The van der Waals surface area contributed by atoms with Gasteiger partial charge in [-0.25, -0.2) is 4.79 Å². The number of aromatic nitrogens is 1. The number of hydrogen-bond acceptors (Lipinski definition) is 3. The van der Waals surface area contributed by atoms with Crippen LogP contribution in [0.3, 0.4) is 0 Å². The maximum absolute atomic E-state index is 12.3. The van der Waals surface area contributed by atoms with Gasteiger partial charge in [-0.05, 0) is 36.8 Å². The van der Waals surface area contributed by atoms with E-state index in [1.807, 2.05) is 48.5 Å². The minimum atomic E-state index is -0.801. The standard InChI is InChI=1S/C19H18BrN3O2/c1-12(18(24)14-7-9-15(20)10-8-14)22-19(25)23-16-6-2-4-13-5-3-11-21-17(13)16/h2-12,18,24H,1H3,(H2,22,23,25). The number of carbonyl (C=O) groups is 1. The number of urea groups is 1. The summed E-state index contributed by atoms with van der Waals surface area (Å²) in [5.74, 6) is 0. The molecule has 0 aliphatic carbocycles. The van der Waals surface area contributed by atoms with E-state index in [2.05, 4.69) is 31.5 Å². The Morgan fingerprint density at radius 3 is 2.60 bits per heavy atom. The van der Waals surface area contributed by atoms with Crippen molar-refractivity contribution in [2.24, 2.45) is 0 Å². The molecule has 5 nitrogen and oxygen atoms in total. The zero-order chi connectivity index (χ0) is 17.8. The van der Waals surface area contributed by atoms with Crippen LogP contribution >= 0.6 is 15.9 Å². The second-order valence-corrected chi connectivity index (χ2v) is 6.68. The molecule has 3 aromatic rings. The van der Waals surface area contributed by atoms with Gasteiger partial charge in [0, 0.05) is 16.1 Å². The number of nitrogens with one attached hydrogen (secondary N) is 2. The van der Waals surface area contributed by atoms with Crippen LogP contribution in [0.2, 0.25) is 0 Å². The molecule has 2 amide bonds. The molecule has 6 heteroatoms. The van der Waals surface area contributed by atoms with Crippen LogP contribution in [0.25, 0.3) is 10.9 Å². The van der Waals surface area contributed by atoms with Crippen LogP contribution in [0.1, 0.15) is 18.6 Å². The highest BCUT2D eigenvalue weighted by Gasteiger charge is 2.18. The monoisotopic (exact) mass is 399 g/mol. The van der Waals surface area contributed by atoms with Crippen LogP contribution in [0.5, 0.6) is 0 Å². The number of aliphatic hydroxyl groups excluding tert-OH is 1. The summed E-state index contributed by atoms with van der Waals surface area (Å²) in [6.07, 6.45) is 0.884. The molecule has 0 fully saturated rings. The zero-order valence-corrected chi connectivity index (χ0v) is 15.2. The summed E-state index contributed by atoms with van der Waals surface area (Å²) in [7, 11) is 0. The first kappa shape index (κ1) is 17.4. The minimum absolute atomic E-state index is 0.387. The van der Waals surface area contributed by atoms with Crippen LogP contribution in [0.15, 0.2) is 65.3 Å². The van der Waals surface area contributed by atoms with Crippen molar-refractivity contribution in [2.45, 2.75) is 19.1 Å². The molecular weight excluding hydrogens is 382 g/mol. The first-order valence-corrected chi connectivity index (χ1v) is 8.68. The average molecular weight is 400 g/mol. The first-order valence-electron chi connectivity index (χ1n) is 7.89. The lowest BCUT2D eigenvalue weighted by atomic mass is 10.0. The Morgan fingerprint density at radius 2 is 1.84 bits per heavy atom. The molecule has 0 radical (unpaired) electrons. The summed E-state index contributed by atoms with van der Waals surface area (Å²) >= 11 is 3.36. The SMILES string of the molecule is CC(NC(=O)Nc1cccc2cccnc12)C(O)c1ccc(Br)cc1. The number of rotatable bonds is 4. The van der Waals surface area contributed by atoms with E-state index in [1.165, 1.54) is 0 Å². The highest BCUT2D eigenvalue weighted by Crippen LogP contribution is 2.22. The second kappa shape index (κ2) is 7.63. The fourth-order valence-corrected chi connectivity index (χ4v) is 2.86. The summed E-state index contributed by atoms with van der Waals surface area (Å²) < 4.78 is 0.935. The normalized spacial score (nSPS) is 13.2. The largest absolute Gasteiger partial charge is 0.386 e. The van der Waals surface area contributed by atoms with Gasteiger partial charge in [-0.15, -0.1) is 0 Å². The van der Waals surface area contributed by atoms with E-state index in [0.717, 1.165) is 20.9 Å². The number of benzene rings is 2. The Bertz CT molecular complexity index is 878. The Balaban J connectivity index is 1.68. The van der Waals surface area contributed by atoms with E-state index < -0.39 is 12.1 Å². The molecule has 2 atom stereocenters. The lowest BCUT2D eigenvalue weighted by Crippen LogP contribution is -2.39. The second-order valence-electron chi connectivity index (χ2n) is 5.76. The van der Waals surface area contributed by atoms with Crippen LogP contribution in [0.4, 0.5) is 10.5 Å². The van der Waals surface area contributed by atoms with E-state index in [1.54, 1.807) is 19.2 Å². The highest BCUT2D eigenvalue weighted by atomic mass is 79.9. The molecule has 0 aliphatic heterocycles. The van der Waals surface area contributed by atoms with Crippen molar-refractivity contribution < 1.29 is 9.90 Å². The molecule has 0 aliphatic rings. The number of hydrogen-bond donors (Lipinski definition) is 3. The lowest BCUT2D eigenvalue weighted by Gasteiger charge is -2.21. The van der Waals surface area contributed by atoms with E-state index in [-0.39, 0.29) is 6.03 Å². The molecule has 0 spiro atoms. The van der Waals surface area contributed by atoms with Gasteiger partial charge in [0.25, 0.3) is 0 Å². The number of nitrogens with zero attached hydrogens (tertiary/aromatic N) is 1. The molecular formula is C19H18BrN3O2. The number of para-hydroxylation sites is 1. The first-order chi connectivity index (χ1) is 12.0. The van der Waals surface area contributed by atoms with E-state index in [9.17, 15) is 9.90 Å². The minimum Gasteiger partial charge on any atom is -0.386 e. The van der Waals surface area contributed by atoms with Crippen molar-refractivity contribution >= 4 is 38.6 Å². The van der Waals surface area contributed by atoms with Gasteiger partial charge in [0.1, 0.15) is 0 Å². The molecule has 3 rings (SSSR count). The third-order valence-electron chi connectivity index (χ3n) is 3.92. The number of aliphatic hydroxyl groups is 1. The number of carbonyl (C=O) groups excluding carboxylic acids is 1. The lowest BCUT2D eigenvalue weighted by molar-refractivity contribution is 0.139. The van der Waals surface area contributed by atoms with Crippen molar-refractivity contribution in [1.82, 2.24) is 10.3 Å². The number of halogens is 1. The smallest absolute Gasteiger partial charge is 0.319 e. The van der Waals surface area contributed by atoms with Crippen LogP contribution < -0.4 is 10.6 Å². The van der Waals surface area contributed by atoms with Crippen LogP contribution in [0, 0.1) is 0 Å². The maximum atomic E-state index is 12.3. The third kappa shape index (κ3) is 4.15. The van der Waals surface area contributed by atoms with Crippen LogP contribution in [-0.4, -0.2) is 22.2 Å². The van der Waals surface area contributed by atoms with Gasteiger partial charge >= 0.3 is 6.03 Å². The summed E-state index contributed by atoms with van der Waals surface area (Å²) in [5.41, 5.74) is 2.09. The molecule has 25 heavy (non-hydrogen) atoms. The average Bonchev–Trinajstić information content (AvgIpc) is 2.62. The van der Waals surface area contributed by atoms with Gasteiger partial charge in [-0.3, -0.25) is 4.98 Å². The number of amides is 2. The van der Waals surface area contributed by atoms with E-state index in [0.29, 0.717) is 5.69 Å². The van der Waals surface area contributed by atoms with Crippen molar-refractivity contribution in [3.63, 3.8) is 0 Å². The molecule has 3 N–H and O–H groups in total. The summed E-state index contributed by atoms with van der Waals surface area (Å²) in [6, 6.07) is 15.9. The molecule has 1 aromatic heterocycles. The van der Waals surface area contributed by atoms with Crippen LogP contribution in [-0.2, 0) is 0 Å². The van der Waals surface area contributed by atoms with Gasteiger partial charge < -0.3 is 15.7 Å². The Labute approximate surface area is 154 Å². The summed E-state index contributed by atoms with van der Waals surface area (Å²) in [6.45, 7) is 1.76. The number of fused-ring (bicyclic) bond motifs is 1. The summed E-state index contributed by atoms with van der Waals surface area (Å²) in [5, 5.41) is 16.9. The molecule has 2 unspecified atom stereocenters. The summed E-state index contributed by atoms with van der Waals surface area (Å²) in [4.78, 5) is 16.6. The van der Waals surface area contributed by atoms with Crippen molar-refractivity contribution in [2.75, 3.05) is 5.32 Å². The highest BCUT2D eigenvalue weighted by molar-refractivity contribution is 9.10.